The lowest BCUT2D eigenvalue weighted by Gasteiger charge is -2.10. The Morgan fingerprint density at radius 3 is 2.78 bits per heavy atom. The number of aromatic nitrogens is 1. The van der Waals surface area contributed by atoms with Crippen LogP contribution in [0.1, 0.15) is 24.9 Å². The van der Waals surface area contributed by atoms with Crippen LogP contribution in [0.2, 0.25) is 0 Å². The van der Waals surface area contributed by atoms with E-state index in [1.165, 1.54) is 0 Å². The summed E-state index contributed by atoms with van der Waals surface area (Å²) < 4.78 is 6.10. The maximum absolute atomic E-state index is 11.7. The highest BCUT2D eigenvalue weighted by Crippen LogP contribution is 2.20. The summed E-state index contributed by atoms with van der Waals surface area (Å²) in [6.07, 6.45) is 0.271. The summed E-state index contributed by atoms with van der Waals surface area (Å²) >= 11 is 0. The molecule has 0 aliphatic heterocycles. The van der Waals surface area contributed by atoms with Crippen LogP contribution in [0.3, 0.4) is 0 Å². The second-order valence-electron chi connectivity index (χ2n) is 3.96. The molecule has 1 atom stereocenters. The predicted octanol–water partition coefficient (Wildman–Crippen LogP) is 1.12. The summed E-state index contributed by atoms with van der Waals surface area (Å²) in [6, 6.07) is 3.77. The highest BCUT2D eigenvalue weighted by Gasteiger charge is 2.23. The van der Waals surface area contributed by atoms with Crippen molar-refractivity contribution in [1.29, 1.82) is 0 Å². The van der Waals surface area contributed by atoms with Gasteiger partial charge in [-0.05, 0) is 24.1 Å². The summed E-state index contributed by atoms with van der Waals surface area (Å²) in [7, 11) is 0. The molecule has 0 spiro atoms. The molecule has 1 heterocycles. The van der Waals surface area contributed by atoms with Gasteiger partial charge in [0.2, 0.25) is 0 Å². The van der Waals surface area contributed by atoms with Gasteiger partial charge >= 0.3 is 11.7 Å². The van der Waals surface area contributed by atoms with Gasteiger partial charge in [-0.1, -0.05) is 13.0 Å². The molecule has 1 aromatic heterocycles. The van der Waals surface area contributed by atoms with Gasteiger partial charge in [0.05, 0.1) is 12.1 Å². The first kappa shape index (κ1) is 12.4. The molecule has 6 nitrogen and oxygen atoms in total. The van der Waals surface area contributed by atoms with Crippen LogP contribution in [0.5, 0.6) is 0 Å². The van der Waals surface area contributed by atoms with Crippen molar-refractivity contribution in [2.75, 3.05) is 0 Å². The molecule has 18 heavy (non-hydrogen) atoms. The molecule has 1 aromatic carbocycles. The SMILES string of the molecule is CCC(C(=O)O)n1c(=O)oc2ccc(CO)cc21. The van der Waals surface area contributed by atoms with E-state index < -0.39 is 17.8 Å². The van der Waals surface area contributed by atoms with Crippen molar-refractivity contribution < 1.29 is 19.4 Å². The maximum Gasteiger partial charge on any atom is 0.420 e. The number of aliphatic hydroxyl groups is 1. The summed E-state index contributed by atoms with van der Waals surface area (Å²) in [6.45, 7) is 1.50. The highest BCUT2D eigenvalue weighted by molar-refractivity contribution is 5.78. The van der Waals surface area contributed by atoms with E-state index in [0.717, 1.165) is 4.57 Å². The summed E-state index contributed by atoms with van der Waals surface area (Å²) in [5, 5.41) is 18.2. The average Bonchev–Trinajstić information content (AvgIpc) is 2.66. The van der Waals surface area contributed by atoms with Crippen LogP contribution in [0, 0.1) is 0 Å². The van der Waals surface area contributed by atoms with Gasteiger partial charge in [-0.3, -0.25) is 4.57 Å². The second-order valence-corrected chi connectivity index (χ2v) is 3.96. The topological polar surface area (TPSA) is 92.7 Å². The Labute approximate surface area is 102 Å². The van der Waals surface area contributed by atoms with E-state index in [0.29, 0.717) is 16.7 Å². The molecule has 0 radical (unpaired) electrons. The van der Waals surface area contributed by atoms with Gasteiger partial charge in [-0.2, -0.15) is 0 Å². The Bertz CT molecular complexity index is 639. The number of aliphatic carboxylic acids is 1. The van der Waals surface area contributed by atoms with Crippen LogP contribution in [0.15, 0.2) is 27.4 Å². The molecule has 6 heteroatoms. The van der Waals surface area contributed by atoms with E-state index in [1.54, 1.807) is 25.1 Å². The van der Waals surface area contributed by atoms with Crippen LogP contribution in [-0.4, -0.2) is 20.7 Å². The molecule has 0 aliphatic carbocycles. The first-order chi connectivity index (χ1) is 8.58. The molecule has 0 amide bonds. The molecule has 0 bridgehead atoms. The van der Waals surface area contributed by atoms with Crippen molar-refractivity contribution in [3.63, 3.8) is 0 Å². The zero-order chi connectivity index (χ0) is 13.3. The molecule has 2 N–H and O–H groups in total. The normalized spacial score (nSPS) is 12.8. The lowest BCUT2D eigenvalue weighted by molar-refractivity contribution is -0.141. The van der Waals surface area contributed by atoms with Gasteiger partial charge in [0.1, 0.15) is 6.04 Å². The minimum atomic E-state index is -1.09. The third-order valence-electron chi connectivity index (χ3n) is 2.84. The molecule has 1 unspecified atom stereocenters. The van der Waals surface area contributed by atoms with Crippen LogP contribution in [0.4, 0.5) is 0 Å². The number of aliphatic hydroxyl groups excluding tert-OH is 1. The highest BCUT2D eigenvalue weighted by atomic mass is 16.4. The molecule has 0 aliphatic rings. The van der Waals surface area contributed by atoms with E-state index in [4.69, 9.17) is 14.6 Å². The monoisotopic (exact) mass is 251 g/mol. The molecule has 2 rings (SSSR count). The van der Waals surface area contributed by atoms with E-state index in [-0.39, 0.29) is 13.0 Å². The molecule has 0 saturated carbocycles. The Hall–Kier alpha value is -2.08. The van der Waals surface area contributed by atoms with E-state index >= 15 is 0 Å². The van der Waals surface area contributed by atoms with Crippen LogP contribution in [0.25, 0.3) is 11.1 Å². The Balaban J connectivity index is 2.71. The fourth-order valence-electron chi connectivity index (χ4n) is 1.94. The number of carbonyl (C=O) groups is 1. The average molecular weight is 251 g/mol. The molecule has 96 valence electrons. The van der Waals surface area contributed by atoms with Gasteiger partial charge in [0.25, 0.3) is 0 Å². The van der Waals surface area contributed by atoms with Gasteiger partial charge in [-0.15, -0.1) is 0 Å². The van der Waals surface area contributed by atoms with Crippen molar-refractivity contribution in [3.05, 3.63) is 34.3 Å². The van der Waals surface area contributed by atoms with Crippen molar-refractivity contribution in [2.24, 2.45) is 0 Å². The number of fused-ring (bicyclic) bond motifs is 1. The minimum absolute atomic E-state index is 0.181. The summed E-state index contributed by atoms with van der Waals surface area (Å²) in [5.41, 5.74) is 1.30. The third-order valence-corrected chi connectivity index (χ3v) is 2.84. The van der Waals surface area contributed by atoms with Gasteiger partial charge in [0, 0.05) is 0 Å². The van der Waals surface area contributed by atoms with E-state index in [2.05, 4.69) is 0 Å². The van der Waals surface area contributed by atoms with Crippen molar-refractivity contribution >= 4 is 17.1 Å². The van der Waals surface area contributed by atoms with Crippen molar-refractivity contribution in [3.8, 4) is 0 Å². The fourth-order valence-corrected chi connectivity index (χ4v) is 1.94. The summed E-state index contributed by atoms with van der Waals surface area (Å²) in [5.74, 6) is -1.79. The molecule has 0 saturated heterocycles. The number of hydrogen-bond acceptors (Lipinski definition) is 4. The molecule has 2 aromatic rings. The predicted molar refractivity (Wildman–Crippen MR) is 63.4 cm³/mol. The summed E-state index contributed by atoms with van der Waals surface area (Å²) in [4.78, 5) is 22.8. The Kier molecular flexibility index (Phi) is 3.20. The van der Waals surface area contributed by atoms with Crippen molar-refractivity contribution in [1.82, 2.24) is 4.57 Å². The van der Waals surface area contributed by atoms with E-state index in [1.807, 2.05) is 0 Å². The van der Waals surface area contributed by atoms with Gasteiger partial charge < -0.3 is 14.6 Å². The first-order valence-electron chi connectivity index (χ1n) is 5.56. The lowest BCUT2D eigenvalue weighted by Crippen LogP contribution is -2.26. The maximum atomic E-state index is 11.7. The van der Waals surface area contributed by atoms with Gasteiger partial charge in [0.15, 0.2) is 5.58 Å². The van der Waals surface area contributed by atoms with Crippen molar-refractivity contribution in [2.45, 2.75) is 26.0 Å². The standard InChI is InChI=1S/C12H13NO5/c1-2-8(11(15)16)13-9-5-7(6-14)3-4-10(9)18-12(13)17/h3-5,8,14H,2,6H2,1H3,(H,15,16). The van der Waals surface area contributed by atoms with Crippen LogP contribution >= 0.6 is 0 Å². The first-order valence-corrected chi connectivity index (χ1v) is 5.56. The smallest absolute Gasteiger partial charge is 0.420 e. The Morgan fingerprint density at radius 2 is 2.22 bits per heavy atom. The zero-order valence-electron chi connectivity index (χ0n) is 9.79. The number of carboxylic acids is 1. The largest absolute Gasteiger partial charge is 0.480 e. The molecular weight excluding hydrogens is 238 g/mol. The Morgan fingerprint density at radius 1 is 1.50 bits per heavy atom. The quantitative estimate of drug-likeness (QED) is 0.849. The number of oxazole rings is 1. The third kappa shape index (κ3) is 1.91. The number of hydrogen-bond donors (Lipinski definition) is 2. The van der Waals surface area contributed by atoms with E-state index in [9.17, 15) is 9.59 Å². The van der Waals surface area contributed by atoms with Crippen LogP contribution in [-0.2, 0) is 11.4 Å². The van der Waals surface area contributed by atoms with Gasteiger partial charge in [-0.25, -0.2) is 9.59 Å². The lowest BCUT2D eigenvalue weighted by atomic mass is 10.2. The fraction of sp³-hybridized carbons (Fsp3) is 0.333. The number of benzene rings is 1. The number of carboxylic acid groups (broad SMARTS) is 1. The second kappa shape index (κ2) is 4.66. The minimum Gasteiger partial charge on any atom is -0.480 e. The molecular formula is C12H13NO5. The molecule has 0 fully saturated rings. The van der Waals surface area contributed by atoms with Crippen LogP contribution < -0.4 is 5.76 Å². The number of nitrogens with zero attached hydrogens (tertiary/aromatic N) is 1. The zero-order valence-corrected chi connectivity index (χ0v) is 9.79. The number of rotatable bonds is 4.